The normalized spacial score (nSPS) is 10.2. The summed E-state index contributed by atoms with van der Waals surface area (Å²) in [6, 6.07) is 15.4. The van der Waals surface area contributed by atoms with Gasteiger partial charge in [0, 0.05) is 17.3 Å². The van der Waals surface area contributed by atoms with E-state index >= 15 is 0 Å². The maximum Gasteiger partial charge on any atom is 0.161 e. The Kier molecular flexibility index (Phi) is 6.22. The summed E-state index contributed by atoms with van der Waals surface area (Å²) < 4.78 is 11.4. The molecule has 0 fully saturated rings. The molecule has 0 aliphatic carbocycles. The number of ether oxygens (including phenoxy) is 2. The molecule has 0 aromatic heterocycles. The zero-order valence-corrected chi connectivity index (χ0v) is 12.9. The molecule has 0 atom stereocenters. The van der Waals surface area contributed by atoms with Gasteiger partial charge in [0.1, 0.15) is 6.61 Å². The average Bonchev–Trinajstić information content (AvgIpc) is 2.50. The molecule has 0 aliphatic heterocycles. The van der Waals surface area contributed by atoms with Crippen LogP contribution in [0.4, 0.5) is 5.69 Å². The molecule has 0 saturated heterocycles. The minimum Gasteiger partial charge on any atom is -0.490 e. The molecule has 0 amide bonds. The molecule has 0 saturated carbocycles. The summed E-state index contributed by atoms with van der Waals surface area (Å²) in [6.07, 6.45) is 0.977. The average molecular weight is 306 g/mol. The van der Waals surface area contributed by atoms with Crippen LogP contribution in [-0.2, 0) is 0 Å². The minimum absolute atomic E-state index is 0.555. The number of hydrogen-bond donors (Lipinski definition) is 1. The van der Waals surface area contributed by atoms with Crippen molar-refractivity contribution in [2.24, 2.45) is 0 Å². The van der Waals surface area contributed by atoms with Crippen LogP contribution in [0.5, 0.6) is 11.5 Å². The van der Waals surface area contributed by atoms with Crippen molar-refractivity contribution in [2.75, 3.05) is 25.1 Å². The number of nitrogens with one attached hydrogen (secondary N) is 1. The highest BCUT2D eigenvalue weighted by Crippen LogP contribution is 2.26. The molecular formula is C17H20ClNO2. The molecule has 4 heteroatoms. The fourth-order valence-corrected chi connectivity index (χ4v) is 2.05. The van der Waals surface area contributed by atoms with Crippen molar-refractivity contribution in [1.82, 2.24) is 0 Å². The molecule has 2 aromatic carbocycles. The van der Waals surface area contributed by atoms with Crippen molar-refractivity contribution in [1.29, 1.82) is 0 Å². The number of benzene rings is 2. The Hall–Kier alpha value is -1.87. The number of para-hydroxylation sites is 2. The maximum atomic E-state index is 5.94. The van der Waals surface area contributed by atoms with Gasteiger partial charge in [-0.1, -0.05) is 36.7 Å². The van der Waals surface area contributed by atoms with Crippen molar-refractivity contribution in [2.45, 2.75) is 13.3 Å². The lowest BCUT2D eigenvalue weighted by Crippen LogP contribution is -2.12. The monoisotopic (exact) mass is 305 g/mol. The molecule has 0 bridgehead atoms. The van der Waals surface area contributed by atoms with Gasteiger partial charge in [-0.3, -0.25) is 0 Å². The topological polar surface area (TPSA) is 30.5 Å². The standard InChI is InChI=1S/C17H20ClNO2/c1-2-11-20-16-8-3-4-9-17(16)21-12-10-19-15-7-5-6-14(18)13-15/h3-9,13,19H,2,10-12H2,1H3. The highest BCUT2D eigenvalue weighted by Gasteiger charge is 2.03. The summed E-state index contributed by atoms with van der Waals surface area (Å²) in [5.74, 6) is 1.57. The van der Waals surface area contributed by atoms with Crippen molar-refractivity contribution in [3.8, 4) is 11.5 Å². The van der Waals surface area contributed by atoms with Crippen LogP contribution in [0.3, 0.4) is 0 Å². The smallest absolute Gasteiger partial charge is 0.161 e. The third-order valence-corrected chi connectivity index (χ3v) is 3.06. The first kappa shape index (κ1) is 15.5. The predicted molar refractivity (Wildman–Crippen MR) is 87.7 cm³/mol. The van der Waals surface area contributed by atoms with Gasteiger partial charge in [0.2, 0.25) is 0 Å². The van der Waals surface area contributed by atoms with Crippen LogP contribution < -0.4 is 14.8 Å². The van der Waals surface area contributed by atoms with E-state index in [-0.39, 0.29) is 0 Å². The second-order valence-electron chi connectivity index (χ2n) is 4.58. The van der Waals surface area contributed by atoms with Crippen molar-refractivity contribution in [3.05, 3.63) is 53.6 Å². The van der Waals surface area contributed by atoms with E-state index in [4.69, 9.17) is 21.1 Å². The van der Waals surface area contributed by atoms with Crippen LogP contribution in [0, 0.1) is 0 Å². The molecule has 0 unspecified atom stereocenters. The summed E-state index contributed by atoms with van der Waals surface area (Å²) in [7, 11) is 0. The van der Waals surface area contributed by atoms with Gasteiger partial charge in [0.15, 0.2) is 11.5 Å². The second kappa shape index (κ2) is 8.42. The molecule has 3 nitrogen and oxygen atoms in total. The lowest BCUT2D eigenvalue weighted by Gasteiger charge is -2.13. The van der Waals surface area contributed by atoms with E-state index in [2.05, 4.69) is 12.2 Å². The van der Waals surface area contributed by atoms with E-state index in [0.29, 0.717) is 19.8 Å². The Morgan fingerprint density at radius 1 is 0.952 bits per heavy atom. The lowest BCUT2D eigenvalue weighted by molar-refractivity contribution is 0.274. The summed E-state index contributed by atoms with van der Waals surface area (Å²) in [6.45, 7) is 4.03. The van der Waals surface area contributed by atoms with E-state index in [9.17, 15) is 0 Å². The van der Waals surface area contributed by atoms with Crippen molar-refractivity contribution in [3.63, 3.8) is 0 Å². The second-order valence-corrected chi connectivity index (χ2v) is 5.02. The first-order valence-corrected chi connectivity index (χ1v) is 7.51. The van der Waals surface area contributed by atoms with Crippen molar-refractivity contribution >= 4 is 17.3 Å². The van der Waals surface area contributed by atoms with Crippen LogP contribution >= 0.6 is 11.6 Å². The van der Waals surface area contributed by atoms with E-state index in [1.54, 1.807) is 0 Å². The van der Waals surface area contributed by atoms with Gasteiger partial charge >= 0.3 is 0 Å². The van der Waals surface area contributed by atoms with Gasteiger partial charge in [-0.15, -0.1) is 0 Å². The van der Waals surface area contributed by atoms with Crippen LogP contribution in [0.15, 0.2) is 48.5 Å². The summed E-state index contributed by atoms with van der Waals surface area (Å²) in [5, 5.41) is 3.99. The van der Waals surface area contributed by atoms with E-state index in [1.807, 2.05) is 48.5 Å². The summed E-state index contributed by atoms with van der Waals surface area (Å²) >= 11 is 5.94. The number of anilines is 1. The Bertz CT molecular complexity index is 560. The van der Waals surface area contributed by atoms with Crippen LogP contribution in [0.25, 0.3) is 0 Å². The van der Waals surface area contributed by atoms with Gasteiger partial charge in [-0.25, -0.2) is 0 Å². The molecule has 0 aliphatic rings. The number of halogens is 1. The molecule has 2 rings (SSSR count). The zero-order valence-electron chi connectivity index (χ0n) is 12.1. The van der Waals surface area contributed by atoms with Gasteiger partial charge in [0.05, 0.1) is 6.61 Å². The van der Waals surface area contributed by atoms with Gasteiger partial charge in [-0.2, -0.15) is 0 Å². The van der Waals surface area contributed by atoms with Crippen LogP contribution in [0.1, 0.15) is 13.3 Å². The summed E-state index contributed by atoms with van der Waals surface area (Å²) in [5.41, 5.74) is 0.988. The highest BCUT2D eigenvalue weighted by molar-refractivity contribution is 6.30. The molecular weight excluding hydrogens is 286 g/mol. The Labute approximate surface area is 130 Å². The highest BCUT2D eigenvalue weighted by atomic mass is 35.5. The molecule has 21 heavy (non-hydrogen) atoms. The van der Waals surface area contributed by atoms with Gasteiger partial charge in [-0.05, 0) is 36.8 Å². The van der Waals surface area contributed by atoms with Gasteiger partial charge in [0.25, 0.3) is 0 Å². The number of rotatable bonds is 8. The van der Waals surface area contributed by atoms with Gasteiger partial charge < -0.3 is 14.8 Å². The molecule has 2 aromatic rings. The first-order valence-electron chi connectivity index (χ1n) is 7.13. The van der Waals surface area contributed by atoms with E-state index in [0.717, 1.165) is 28.6 Å². The van der Waals surface area contributed by atoms with E-state index in [1.165, 1.54) is 0 Å². The van der Waals surface area contributed by atoms with Crippen LogP contribution in [-0.4, -0.2) is 19.8 Å². The van der Waals surface area contributed by atoms with Crippen LogP contribution in [0.2, 0.25) is 5.02 Å². The molecule has 112 valence electrons. The fraction of sp³-hybridized carbons (Fsp3) is 0.294. The Morgan fingerprint density at radius 2 is 1.67 bits per heavy atom. The van der Waals surface area contributed by atoms with Crippen molar-refractivity contribution < 1.29 is 9.47 Å². The summed E-state index contributed by atoms with van der Waals surface area (Å²) in [4.78, 5) is 0. The fourth-order valence-electron chi connectivity index (χ4n) is 1.86. The Morgan fingerprint density at radius 3 is 2.33 bits per heavy atom. The molecule has 1 N–H and O–H groups in total. The predicted octanol–water partition coefficient (Wildman–Crippen LogP) is 4.62. The number of hydrogen-bond acceptors (Lipinski definition) is 3. The third-order valence-electron chi connectivity index (χ3n) is 2.82. The maximum absolute atomic E-state index is 5.94. The lowest BCUT2D eigenvalue weighted by atomic mass is 10.3. The zero-order chi connectivity index (χ0) is 14.9. The molecule has 0 spiro atoms. The quantitative estimate of drug-likeness (QED) is 0.722. The third kappa shape index (κ3) is 5.20. The largest absolute Gasteiger partial charge is 0.490 e. The first-order chi connectivity index (χ1) is 10.3. The Balaban J connectivity index is 1.80. The van der Waals surface area contributed by atoms with E-state index < -0.39 is 0 Å². The molecule has 0 heterocycles. The minimum atomic E-state index is 0.555. The molecule has 0 radical (unpaired) electrons. The SMILES string of the molecule is CCCOc1ccccc1OCCNc1cccc(Cl)c1.